The third-order valence-corrected chi connectivity index (χ3v) is 6.83. The van der Waals surface area contributed by atoms with E-state index < -0.39 is 0 Å². The fourth-order valence-corrected chi connectivity index (χ4v) is 4.75. The molecule has 0 atom stereocenters. The Kier molecular flexibility index (Phi) is 7.75. The van der Waals surface area contributed by atoms with Crippen molar-refractivity contribution in [1.29, 1.82) is 0 Å². The van der Waals surface area contributed by atoms with Crippen LogP contribution < -0.4 is 10.6 Å². The number of carbonyl (C=O) groups excluding carboxylic acids is 2. The van der Waals surface area contributed by atoms with Crippen molar-refractivity contribution in [3.05, 3.63) is 72.1 Å². The van der Waals surface area contributed by atoms with E-state index in [-0.39, 0.29) is 17.6 Å². The summed E-state index contributed by atoms with van der Waals surface area (Å²) in [7, 11) is 0. The molecule has 3 aromatic carbocycles. The lowest BCUT2D eigenvalue weighted by Crippen LogP contribution is -2.13. The summed E-state index contributed by atoms with van der Waals surface area (Å²) in [5.41, 5.74) is 2.65. The number of hydrogen-bond acceptors (Lipinski definition) is 5. The molecule has 0 saturated carbocycles. The number of hydrogen-bond donors (Lipinski definition) is 2. The summed E-state index contributed by atoms with van der Waals surface area (Å²) in [6, 6.07) is 22.0. The van der Waals surface area contributed by atoms with Crippen molar-refractivity contribution in [2.24, 2.45) is 0 Å². The first-order valence-electron chi connectivity index (χ1n) is 10.9. The smallest absolute Gasteiger partial charge is 0.236 e. The van der Waals surface area contributed by atoms with Crippen LogP contribution in [-0.2, 0) is 9.59 Å². The summed E-state index contributed by atoms with van der Waals surface area (Å²) in [5.74, 6) is 0.215. The van der Waals surface area contributed by atoms with Crippen LogP contribution in [0.25, 0.3) is 22.0 Å². The second-order valence-corrected chi connectivity index (χ2v) is 9.52. The zero-order chi connectivity index (χ0) is 23.0. The number of nitrogens with one attached hydrogen (secondary N) is 2. The first kappa shape index (κ1) is 23.0. The summed E-state index contributed by atoms with van der Waals surface area (Å²) in [5, 5.41) is 10.7. The van der Waals surface area contributed by atoms with Gasteiger partial charge in [0, 0.05) is 27.9 Å². The number of rotatable bonds is 9. The average molecular weight is 476 g/mol. The van der Waals surface area contributed by atoms with Crippen molar-refractivity contribution in [2.45, 2.75) is 31.1 Å². The number of thiazole rings is 1. The van der Waals surface area contributed by atoms with Crippen LogP contribution in [0.1, 0.15) is 26.2 Å². The fourth-order valence-electron chi connectivity index (χ4n) is 3.31. The van der Waals surface area contributed by atoms with E-state index in [1.54, 1.807) is 0 Å². The predicted octanol–water partition coefficient (Wildman–Crippen LogP) is 6.82. The van der Waals surface area contributed by atoms with E-state index in [9.17, 15) is 9.59 Å². The maximum atomic E-state index is 12.4. The lowest BCUT2D eigenvalue weighted by Gasteiger charge is -2.06. The van der Waals surface area contributed by atoms with Crippen LogP contribution in [-0.4, -0.2) is 22.6 Å². The molecule has 2 amide bonds. The minimum Gasteiger partial charge on any atom is -0.326 e. The first-order valence-corrected chi connectivity index (χ1v) is 12.7. The van der Waals surface area contributed by atoms with Crippen LogP contribution in [0.4, 0.5) is 10.8 Å². The van der Waals surface area contributed by atoms with Crippen LogP contribution >= 0.6 is 23.1 Å². The highest BCUT2D eigenvalue weighted by Crippen LogP contribution is 2.28. The molecular weight excluding hydrogens is 450 g/mol. The molecule has 0 bridgehead atoms. The lowest BCUT2D eigenvalue weighted by molar-refractivity contribution is -0.116. The molecule has 0 radical (unpaired) electrons. The monoisotopic (exact) mass is 475 g/mol. The van der Waals surface area contributed by atoms with Crippen LogP contribution in [0.2, 0.25) is 0 Å². The van der Waals surface area contributed by atoms with Gasteiger partial charge in [0.1, 0.15) is 0 Å². The number of aromatic nitrogens is 1. The van der Waals surface area contributed by atoms with Crippen molar-refractivity contribution < 1.29 is 9.59 Å². The standard InChI is InChI=1S/C26H25N3O2S2/c1-2-3-8-24(30)27-21-11-13-22(14-12-21)32-17-25(31)29-26-28-23(16-33-26)20-10-9-18-6-4-5-7-19(18)15-20/h4-7,9-16H,2-3,8,17H2,1H3,(H,27,30)(H,28,29,31). The molecule has 168 valence electrons. The minimum absolute atomic E-state index is 0.0307. The molecule has 0 aliphatic heterocycles. The molecule has 0 unspecified atom stereocenters. The van der Waals surface area contributed by atoms with Gasteiger partial charge < -0.3 is 10.6 Å². The summed E-state index contributed by atoms with van der Waals surface area (Å²) < 4.78 is 0. The van der Waals surface area contributed by atoms with Gasteiger partial charge in [-0.05, 0) is 47.5 Å². The first-order chi connectivity index (χ1) is 16.1. The molecule has 0 spiro atoms. The van der Waals surface area contributed by atoms with E-state index in [1.807, 2.05) is 41.8 Å². The average Bonchev–Trinajstić information content (AvgIpc) is 3.30. The Hall–Kier alpha value is -3.16. The maximum Gasteiger partial charge on any atom is 0.236 e. The quantitative estimate of drug-likeness (QED) is 0.261. The Labute approximate surface area is 201 Å². The molecule has 0 aliphatic rings. The van der Waals surface area contributed by atoms with Crippen molar-refractivity contribution in [2.75, 3.05) is 16.4 Å². The Balaban J connectivity index is 1.28. The van der Waals surface area contributed by atoms with Crippen molar-refractivity contribution >= 4 is 56.5 Å². The predicted molar refractivity (Wildman–Crippen MR) is 139 cm³/mol. The zero-order valence-corrected chi connectivity index (χ0v) is 20.0. The van der Waals surface area contributed by atoms with E-state index in [4.69, 9.17) is 0 Å². The number of benzene rings is 3. The van der Waals surface area contributed by atoms with Crippen LogP contribution in [0.15, 0.2) is 77.0 Å². The number of unbranched alkanes of at least 4 members (excludes halogenated alkanes) is 1. The Morgan fingerprint density at radius 1 is 0.939 bits per heavy atom. The van der Waals surface area contributed by atoms with Gasteiger partial charge in [-0.1, -0.05) is 49.7 Å². The molecule has 5 nitrogen and oxygen atoms in total. The van der Waals surface area contributed by atoms with Crippen LogP contribution in [0.3, 0.4) is 0 Å². The van der Waals surface area contributed by atoms with Crippen LogP contribution in [0, 0.1) is 0 Å². The molecule has 0 aliphatic carbocycles. The Morgan fingerprint density at radius 2 is 1.73 bits per heavy atom. The SMILES string of the molecule is CCCCC(=O)Nc1ccc(SCC(=O)Nc2nc(-c3ccc4ccccc4c3)cs2)cc1. The summed E-state index contributed by atoms with van der Waals surface area (Å²) in [6.45, 7) is 2.06. The summed E-state index contributed by atoms with van der Waals surface area (Å²) in [4.78, 5) is 29.8. The zero-order valence-electron chi connectivity index (χ0n) is 18.3. The summed E-state index contributed by atoms with van der Waals surface area (Å²) >= 11 is 2.87. The largest absolute Gasteiger partial charge is 0.326 e. The van der Waals surface area contributed by atoms with E-state index in [2.05, 4.69) is 52.9 Å². The lowest BCUT2D eigenvalue weighted by atomic mass is 10.1. The molecule has 1 heterocycles. The maximum absolute atomic E-state index is 12.4. The van der Waals surface area contributed by atoms with Gasteiger partial charge in [0.2, 0.25) is 11.8 Å². The molecular formula is C26H25N3O2S2. The molecule has 1 aromatic heterocycles. The minimum atomic E-state index is -0.101. The van der Waals surface area contributed by atoms with Gasteiger partial charge in [-0.2, -0.15) is 0 Å². The Morgan fingerprint density at radius 3 is 2.52 bits per heavy atom. The van der Waals surface area contributed by atoms with E-state index in [1.165, 1.54) is 28.5 Å². The van der Waals surface area contributed by atoms with Gasteiger partial charge in [0.25, 0.3) is 0 Å². The number of thioether (sulfide) groups is 1. The highest BCUT2D eigenvalue weighted by atomic mass is 32.2. The molecule has 7 heteroatoms. The second-order valence-electron chi connectivity index (χ2n) is 7.61. The van der Waals surface area contributed by atoms with Crippen molar-refractivity contribution in [3.8, 4) is 11.3 Å². The number of nitrogens with zero attached hydrogens (tertiary/aromatic N) is 1. The van der Waals surface area contributed by atoms with Gasteiger partial charge in [-0.25, -0.2) is 4.98 Å². The third-order valence-electron chi connectivity index (χ3n) is 5.06. The Bertz CT molecular complexity index is 1250. The third kappa shape index (κ3) is 6.43. The normalized spacial score (nSPS) is 10.8. The number of amides is 2. The van der Waals surface area contributed by atoms with Gasteiger partial charge in [-0.3, -0.25) is 9.59 Å². The summed E-state index contributed by atoms with van der Waals surface area (Å²) in [6.07, 6.45) is 2.42. The molecule has 0 saturated heterocycles. The van der Waals surface area contributed by atoms with Gasteiger partial charge in [0.15, 0.2) is 5.13 Å². The number of carbonyl (C=O) groups is 2. The van der Waals surface area contributed by atoms with Gasteiger partial charge in [0.05, 0.1) is 11.4 Å². The molecule has 4 rings (SSSR count). The van der Waals surface area contributed by atoms with E-state index in [0.29, 0.717) is 11.6 Å². The fraction of sp³-hybridized carbons (Fsp3) is 0.192. The number of anilines is 2. The molecule has 2 N–H and O–H groups in total. The van der Waals surface area contributed by atoms with E-state index >= 15 is 0 Å². The highest BCUT2D eigenvalue weighted by Gasteiger charge is 2.10. The topological polar surface area (TPSA) is 71.1 Å². The van der Waals surface area contributed by atoms with Gasteiger partial charge >= 0.3 is 0 Å². The molecule has 0 fully saturated rings. The second kappa shape index (κ2) is 11.1. The number of fused-ring (bicyclic) bond motifs is 1. The highest BCUT2D eigenvalue weighted by molar-refractivity contribution is 8.00. The van der Waals surface area contributed by atoms with Crippen molar-refractivity contribution in [3.63, 3.8) is 0 Å². The van der Waals surface area contributed by atoms with Gasteiger partial charge in [-0.15, -0.1) is 23.1 Å². The van der Waals surface area contributed by atoms with E-state index in [0.717, 1.165) is 40.1 Å². The van der Waals surface area contributed by atoms with Crippen molar-refractivity contribution in [1.82, 2.24) is 4.98 Å². The molecule has 33 heavy (non-hydrogen) atoms. The van der Waals surface area contributed by atoms with Crippen LogP contribution in [0.5, 0.6) is 0 Å². The molecule has 4 aromatic rings.